The molecule has 0 bridgehead atoms. The van der Waals surface area contributed by atoms with Crippen LogP contribution in [0.25, 0.3) is 0 Å². The van der Waals surface area contributed by atoms with Gasteiger partial charge in [0.15, 0.2) is 10.7 Å². The van der Waals surface area contributed by atoms with E-state index >= 15 is 0 Å². The smallest absolute Gasteiger partial charge is 0.253 e. The van der Waals surface area contributed by atoms with Crippen LogP contribution >= 0.6 is 11.8 Å². The molecule has 4 N–H and O–H groups in total. The van der Waals surface area contributed by atoms with Gasteiger partial charge in [0, 0.05) is 25.0 Å². The number of hydrogen-bond acceptors (Lipinski definition) is 8. The average Bonchev–Trinajstić information content (AvgIpc) is 3.12. The molecule has 0 saturated carbocycles. The first-order chi connectivity index (χ1) is 13.7. The van der Waals surface area contributed by atoms with Crippen molar-refractivity contribution >= 4 is 52.6 Å². The van der Waals surface area contributed by atoms with Gasteiger partial charge in [-0.3, -0.25) is 0 Å². The van der Waals surface area contributed by atoms with Gasteiger partial charge < -0.3 is 21.2 Å². The second-order valence-electron chi connectivity index (χ2n) is 5.65. The van der Waals surface area contributed by atoms with E-state index in [0.717, 1.165) is 6.26 Å². The minimum absolute atomic E-state index is 0.0257. The van der Waals surface area contributed by atoms with Gasteiger partial charge in [-0.2, -0.15) is 0 Å². The number of hydrogen-bond donors (Lipinski definition) is 4. The minimum Gasteiger partial charge on any atom is -0.409 e. The van der Waals surface area contributed by atoms with E-state index in [9.17, 15) is 18.0 Å². The number of sulfonamides is 1. The molecule has 0 unspecified atom stereocenters. The van der Waals surface area contributed by atoms with Gasteiger partial charge in [0.05, 0.1) is 6.26 Å². The van der Waals surface area contributed by atoms with E-state index in [-0.39, 0.29) is 23.3 Å². The number of nitrogens with one attached hydrogen (secondary N) is 3. The second kappa shape index (κ2) is 10.1. The first-order valence-corrected chi connectivity index (χ1v) is 11.0. The van der Waals surface area contributed by atoms with Crippen LogP contribution in [0, 0.1) is 5.82 Å². The molecule has 11 nitrogen and oxygen atoms in total. The Hall–Kier alpha value is -2.81. The summed E-state index contributed by atoms with van der Waals surface area (Å²) in [6, 6.07) is 4.32. The van der Waals surface area contributed by atoms with Crippen molar-refractivity contribution in [1.29, 1.82) is 0 Å². The van der Waals surface area contributed by atoms with Gasteiger partial charge in [-0.15, -0.1) is 4.40 Å². The number of oxime groups is 1. The number of rotatable bonds is 7. The van der Waals surface area contributed by atoms with E-state index in [4.69, 9.17) is 4.63 Å². The topological polar surface area (TPSA) is 154 Å². The molecule has 1 aromatic carbocycles. The van der Waals surface area contributed by atoms with Gasteiger partial charge in [0.2, 0.25) is 11.8 Å². The van der Waals surface area contributed by atoms with Crippen LogP contribution < -0.4 is 21.4 Å². The summed E-state index contributed by atoms with van der Waals surface area (Å²) >= 11 is 1.23. The fraction of sp³-hybridized carbons (Fsp3) is 0.286. The number of thioether (sulfide) groups is 1. The quantitative estimate of drug-likeness (QED) is 0.0791. The Morgan fingerprint density at radius 1 is 1.41 bits per heavy atom. The summed E-state index contributed by atoms with van der Waals surface area (Å²) in [6.07, 6.45) is 0.986. The van der Waals surface area contributed by atoms with Crippen LogP contribution in [-0.2, 0) is 10.0 Å². The van der Waals surface area contributed by atoms with E-state index in [2.05, 4.69) is 35.8 Å². The lowest BCUT2D eigenvalue weighted by atomic mass is 9.95. The van der Waals surface area contributed by atoms with Crippen molar-refractivity contribution in [1.82, 2.24) is 20.9 Å². The van der Waals surface area contributed by atoms with Crippen molar-refractivity contribution < 1.29 is 22.6 Å². The van der Waals surface area contributed by atoms with Crippen LogP contribution in [0.4, 0.5) is 10.1 Å². The van der Waals surface area contributed by atoms with Crippen LogP contribution in [-0.4, -0.2) is 69.2 Å². The lowest BCUT2D eigenvalue weighted by Crippen LogP contribution is -2.36. The molecule has 2 rings (SSSR count). The predicted molar refractivity (Wildman–Crippen MR) is 111 cm³/mol. The van der Waals surface area contributed by atoms with Gasteiger partial charge >= 0.3 is 0 Å². The highest BCUT2D eigenvalue weighted by molar-refractivity contribution is 7.99. The first kappa shape index (κ1) is 22.5. The molecule has 0 aliphatic carbocycles. The standard InChI is InChI=1S/C14H19BFN7O4S2/c1-17-14(23-29(2,25)26)18-5-6-28-13-11(21-27-22-13)12(20-24)19-8-3-4-10(16)9(15)7-8/h3-4,7,24H,5-6,15H2,1-2H3,(H,19,20)(H2,17,18,23). The summed E-state index contributed by atoms with van der Waals surface area (Å²) in [7, 11) is -0.385. The third kappa shape index (κ3) is 6.94. The largest absolute Gasteiger partial charge is 0.409 e. The van der Waals surface area contributed by atoms with Crippen molar-refractivity contribution in [2.45, 2.75) is 5.03 Å². The Balaban J connectivity index is 2.00. The molecule has 2 aromatic rings. The van der Waals surface area contributed by atoms with E-state index in [1.165, 1.54) is 30.9 Å². The number of benzene rings is 1. The highest BCUT2D eigenvalue weighted by atomic mass is 32.2. The third-order valence-corrected chi connectivity index (χ3v) is 4.79. The average molecular weight is 443 g/mol. The van der Waals surface area contributed by atoms with E-state index in [1.807, 2.05) is 0 Å². The Bertz CT molecular complexity index is 1010. The minimum atomic E-state index is -3.53. The molecule has 1 aromatic heterocycles. The van der Waals surface area contributed by atoms with Gasteiger partial charge in [-0.05, 0) is 28.5 Å². The van der Waals surface area contributed by atoms with Gasteiger partial charge in [-0.1, -0.05) is 22.4 Å². The Kier molecular flexibility index (Phi) is 7.84. The van der Waals surface area contributed by atoms with Gasteiger partial charge in [0.25, 0.3) is 10.0 Å². The molecule has 0 radical (unpaired) electrons. The Morgan fingerprint density at radius 2 is 2.17 bits per heavy atom. The van der Waals surface area contributed by atoms with Crippen molar-refractivity contribution in [2.75, 3.05) is 30.9 Å². The molecule has 0 spiro atoms. The molecule has 0 fully saturated rings. The van der Waals surface area contributed by atoms with Crippen molar-refractivity contribution in [2.24, 2.45) is 9.55 Å². The number of guanidine groups is 1. The van der Waals surface area contributed by atoms with Crippen molar-refractivity contribution in [3.05, 3.63) is 29.7 Å². The number of anilines is 1. The molecule has 0 aliphatic rings. The number of amidine groups is 1. The predicted octanol–water partition coefficient (Wildman–Crippen LogP) is -1.07. The maximum atomic E-state index is 13.4. The van der Waals surface area contributed by atoms with E-state index in [1.54, 1.807) is 13.9 Å². The number of nitrogens with zero attached hydrogens (tertiary/aromatic N) is 4. The Labute approximate surface area is 171 Å². The second-order valence-corrected chi connectivity index (χ2v) is 8.39. The fourth-order valence-electron chi connectivity index (χ4n) is 2.06. The summed E-state index contributed by atoms with van der Waals surface area (Å²) in [5.41, 5.74) is 1.08. The molecule has 29 heavy (non-hydrogen) atoms. The monoisotopic (exact) mass is 443 g/mol. The summed E-state index contributed by atoms with van der Waals surface area (Å²) in [5.74, 6) is 0.171. The van der Waals surface area contributed by atoms with E-state index < -0.39 is 10.0 Å². The van der Waals surface area contributed by atoms with Crippen LogP contribution in [0.1, 0.15) is 5.69 Å². The van der Waals surface area contributed by atoms with Gasteiger partial charge in [-0.25, -0.2) is 17.4 Å². The van der Waals surface area contributed by atoms with Crippen molar-refractivity contribution in [3.63, 3.8) is 0 Å². The molecule has 0 aliphatic heterocycles. The third-order valence-electron chi connectivity index (χ3n) is 3.33. The van der Waals surface area contributed by atoms with Crippen LogP contribution in [0.2, 0.25) is 0 Å². The van der Waals surface area contributed by atoms with E-state index in [0.29, 0.717) is 28.5 Å². The molecule has 0 amide bonds. The maximum Gasteiger partial charge on any atom is 0.253 e. The lowest BCUT2D eigenvalue weighted by Gasteiger charge is -2.09. The van der Waals surface area contributed by atoms with Crippen LogP contribution in [0.3, 0.4) is 0 Å². The van der Waals surface area contributed by atoms with Crippen LogP contribution in [0.15, 0.2) is 37.4 Å². The van der Waals surface area contributed by atoms with Crippen LogP contribution in [0.5, 0.6) is 0 Å². The molecule has 1 heterocycles. The highest BCUT2D eigenvalue weighted by Crippen LogP contribution is 2.20. The number of aromatic nitrogens is 2. The zero-order valence-electron chi connectivity index (χ0n) is 15.8. The summed E-state index contributed by atoms with van der Waals surface area (Å²) in [6.45, 7) is 0.350. The zero-order valence-corrected chi connectivity index (χ0v) is 17.4. The summed E-state index contributed by atoms with van der Waals surface area (Å²) in [5, 5.41) is 28.7. The summed E-state index contributed by atoms with van der Waals surface area (Å²) in [4.78, 5) is 0. The normalized spacial score (nSPS) is 12.7. The molecule has 15 heteroatoms. The molecule has 0 atom stereocenters. The molecular weight excluding hydrogens is 424 g/mol. The van der Waals surface area contributed by atoms with Gasteiger partial charge in [0.1, 0.15) is 13.7 Å². The fourth-order valence-corrected chi connectivity index (χ4v) is 3.30. The lowest BCUT2D eigenvalue weighted by molar-refractivity contribution is 0.297. The molecule has 156 valence electrons. The SMILES string of the molecule is Bc1cc(N/C(=N\O)c2nonc2SCCN/C(=N/S(C)(=O)=O)NC)ccc1F. The summed E-state index contributed by atoms with van der Waals surface area (Å²) < 4.78 is 44.0. The Morgan fingerprint density at radius 3 is 2.79 bits per heavy atom. The maximum absolute atomic E-state index is 13.4. The molecule has 0 saturated heterocycles. The molecular formula is C14H19BFN7O4S2. The zero-order chi connectivity index (χ0) is 21.4. The first-order valence-electron chi connectivity index (χ1n) is 8.16. The van der Waals surface area contributed by atoms with Crippen molar-refractivity contribution in [3.8, 4) is 0 Å². The number of halogens is 1. The highest BCUT2D eigenvalue weighted by Gasteiger charge is 2.18.